The fourth-order valence-corrected chi connectivity index (χ4v) is 3.70. The first kappa shape index (κ1) is 15.1. The van der Waals surface area contributed by atoms with Crippen LogP contribution in [0.2, 0.25) is 0 Å². The summed E-state index contributed by atoms with van der Waals surface area (Å²) in [5, 5.41) is 9.94. The van der Waals surface area contributed by atoms with Crippen LogP contribution in [0.25, 0.3) is 0 Å². The van der Waals surface area contributed by atoms with Gasteiger partial charge in [-0.05, 0) is 45.3 Å². The van der Waals surface area contributed by atoms with Crippen molar-refractivity contribution in [2.45, 2.75) is 37.8 Å². The molecule has 1 unspecified atom stereocenters. The number of hydrogen-bond acceptors (Lipinski definition) is 4. The van der Waals surface area contributed by atoms with Gasteiger partial charge in [-0.3, -0.25) is 4.90 Å². The average molecular weight is 295 g/mol. The van der Waals surface area contributed by atoms with Crippen molar-refractivity contribution in [2.75, 3.05) is 52.4 Å². The Morgan fingerprint density at radius 1 is 0.952 bits per heavy atom. The molecule has 3 fully saturated rings. The highest BCUT2D eigenvalue weighted by molar-refractivity contribution is 5.74. The zero-order valence-corrected chi connectivity index (χ0v) is 12.9. The summed E-state index contributed by atoms with van der Waals surface area (Å²) in [7, 11) is 0. The maximum absolute atomic E-state index is 12.3. The average Bonchev–Trinajstić information content (AvgIpc) is 2.57. The van der Waals surface area contributed by atoms with Crippen molar-refractivity contribution in [2.24, 2.45) is 0 Å². The Morgan fingerprint density at radius 3 is 2.38 bits per heavy atom. The molecule has 0 spiro atoms. The van der Waals surface area contributed by atoms with Crippen LogP contribution in [-0.4, -0.2) is 80.3 Å². The van der Waals surface area contributed by atoms with Crippen molar-refractivity contribution in [3.05, 3.63) is 0 Å². The molecule has 3 aliphatic rings. The molecule has 6 heteroatoms. The fraction of sp³-hybridized carbons (Fsp3) is 0.933. The second-order valence-electron chi connectivity index (χ2n) is 6.50. The summed E-state index contributed by atoms with van der Waals surface area (Å²) in [6, 6.07) is 1.17. The Balaban J connectivity index is 1.40. The molecule has 3 aliphatic heterocycles. The number of nitrogens with one attached hydrogen (secondary N) is 3. The maximum atomic E-state index is 12.3. The number of amides is 2. The second kappa shape index (κ2) is 7.42. The summed E-state index contributed by atoms with van der Waals surface area (Å²) < 4.78 is 0. The molecule has 0 bridgehead atoms. The summed E-state index contributed by atoms with van der Waals surface area (Å²) in [6.07, 6.45) is 4.77. The molecule has 1 atom stereocenters. The molecular formula is C15H29N5O. The molecule has 3 saturated heterocycles. The van der Waals surface area contributed by atoms with Crippen LogP contribution in [-0.2, 0) is 0 Å². The summed E-state index contributed by atoms with van der Waals surface area (Å²) in [4.78, 5) is 16.9. The van der Waals surface area contributed by atoms with Gasteiger partial charge in [0.05, 0.1) is 0 Å². The molecule has 0 aromatic rings. The molecule has 21 heavy (non-hydrogen) atoms. The highest BCUT2D eigenvalue weighted by Gasteiger charge is 2.27. The van der Waals surface area contributed by atoms with Gasteiger partial charge in [-0.1, -0.05) is 0 Å². The number of hydrogen-bond donors (Lipinski definition) is 3. The molecule has 0 aromatic carbocycles. The smallest absolute Gasteiger partial charge is 0.317 e. The highest BCUT2D eigenvalue weighted by Crippen LogP contribution is 2.14. The summed E-state index contributed by atoms with van der Waals surface area (Å²) in [5.41, 5.74) is 0. The third-order valence-corrected chi connectivity index (χ3v) is 5.05. The molecule has 0 aromatic heterocycles. The fourth-order valence-electron chi connectivity index (χ4n) is 3.70. The monoisotopic (exact) mass is 295 g/mol. The summed E-state index contributed by atoms with van der Waals surface area (Å²) >= 11 is 0. The lowest BCUT2D eigenvalue weighted by Crippen LogP contribution is -2.57. The zero-order valence-electron chi connectivity index (χ0n) is 12.9. The topological polar surface area (TPSA) is 59.6 Å². The number of urea groups is 1. The number of piperazine rings is 1. The van der Waals surface area contributed by atoms with Gasteiger partial charge in [0, 0.05) is 44.8 Å². The van der Waals surface area contributed by atoms with Gasteiger partial charge < -0.3 is 20.9 Å². The van der Waals surface area contributed by atoms with E-state index >= 15 is 0 Å². The first-order valence-electron chi connectivity index (χ1n) is 8.54. The van der Waals surface area contributed by atoms with Crippen LogP contribution < -0.4 is 16.0 Å². The summed E-state index contributed by atoms with van der Waals surface area (Å²) in [5.74, 6) is 0. The van der Waals surface area contributed by atoms with E-state index in [9.17, 15) is 4.79 Å². The first-order valence-corrected chi connectivity index (χ1v) is 8.54. The number of nitrogens with zero attached hydrogens (tertiary/aromatic N) is 2. The van der Waals surface area contributed by atoms with Gasteiger partial charge in [0.1, 0.15) is 0 Å². The van der Waals surface area contributed by atoms with Crippen LogP contribution in [0.4, 0.5) is 4.79 Å². The molecule has 120 valence electrons. The third-order valence-electron chi connectivity index (χ3n) is 5.05. The Morgan fingerprint density at radius 2 is 1.71 bits per heavy atom. The molecule has 3 heterocycles. The van der Waals surface area contributed by atoms with Crippen molar-refractivity contribution >= 4 is 6.03 Å². The van der Waals surface area contributed by atoms with E-state index in [4.69, 9.17) is 0 Å². The van der Waals surface area contributed by atoms with Gasteiger partial charge in [-0.2, -0.15) is 0 Å². The molecule has 0 radical (unpaired) electrons. The normalized spacial score (nSPS) is 29.3. The van der Waals surface area contributed by atoms with E-state index in [-0.39, 0.29) is 6.03 Å². The van der Waals surface area contributed by atoms with Crippen LogP contribution >= 0.6 is 0 Å². The molecule has 6 nitrogen and oxygen atoms in total. The largest absolute Gasteiger partial charge is 0.334 e. The predicted molar refractivity (Wildman–Crippen MR) is 83.5 cm³/mol. The van der Waals surface area contributed by atoms with E-state index in [1.54, 1.807) is 0 Å². The maximum Gasteiger partial charge on any atom is 0.317 e. The number of rotatable bonds is 2. The van der Waals surface area contributed by atoms with E-state index in [1.165, 1.54) is 12.8 Å². The first-order chi connectivity index (χ1) is 10.3. The lowest BCUT2D eigenvalue weighted by Gasteiger charge is -2.41. The molecule has 0 aliphatic carbocycles. The number of carbonyl (C=O) groups is 1. The van der Waals surface area contributed by atoms with E-state index in [0.717, 1.165) is 71.2 Å². The standard InChI is InChI=1S/C15H29N5O/c21-15(18-13-2-1-5-17-12-13)20-10-8-19(9-11-20)14-3-6-16-7-4-14/h13-14,16-17H,1-12H2,(H,18,21). The molecule has 2 amide bonds. The van der Waals surface area contributed by atoms with Crippen molar-refractivity contribution in [1.29, 1.82) is 0 Å². The van der Waals surface area contributed by atoms with Gasteiger partial charge in [0.2, 0.25) is 0 Å². The van der Waals surface area contributed by atoms with Gasteiger partial charge >= 0.3 is 6.03 Å². The van der Waals surface area contributed by atoms with E-state index in [0.29, 0.717) is 6.04 Å². The van der Waals surface area contributed by atoms with Crippen LogP contribution in [0.3, 0.4) is 0 Å². The summed E-state index contributed by atoms with van der Waals surface area (Å²) in [6.45, 7) is 8.08. The lowest BCUT2D eigenvalue weighted by atomic mass is 10.0. The lowest BCUT2D eigenvalue weighted by molar-refractivity contribution is 0.0923. The minimum atomic E-state index is 0.133. The van der Waals surface area contributed by atoms with Crippen LogP contribution in [0.5, 0.6) is 0 Å². The van der Waals surface area contributed by atoms with Crippen LogP contribution in [0.15, 0.2) is 0 Å². The Kier molecular flexibility index (Phi) is 5.32. The molecule has 0 saturated carbocycles. The Hall–Kier alpha value is -0.850. The van der Waals surface area contributed by atoms with Gasteiger partial charge in [-0.25, -0.2) is 4.79 Å². The van der Waals surface area contributed by atoms with E-state index in [2.05, 4.69) is 20.9 Å². The quantitative estimate of drug-likeness (QED) is 0.661. The van der Waals surface area contributed by atoms with Crippen LogP contribution in [0, 0.1) is 0 Å². The van der Waals surface area contributed by atoms with E-state index in [1.807, 2.05) is 4.90 Å². The molecule has 3 rings (SSSR count). The van der Waals surface area contributed by atoms with Crippen molar-refractivity contribution in [3.63, 3.8) is 0 Å². The van der Waals surface area contributed by atoms with Crippen molar-refractivity contribution in [1.82, 2.24) is 25.8 Å². The number of piperidine rings is 2. The van der Waals surface area contributed by atoms with E-state index < -0.39 is 0 Å². The minimum absolute atomic E-state index is 0.133. The number of carbonyl (C=O) groups excluding carboxylic acids is 1. The predicted octanol–water partition coefficient (Wildman–Crippen LogP) is -0.182. The zero-order chi connectivity index (χ0) is 14.5. The van der Waals surface area contributed by atoms with Crippen molar-refractivity contribution < 1.29 is 4.79 Å². The van der Waals surface area contributed by atoms with Gasteiger partial charge in [0.15, 0.2) is 0 Å². The second-order valence-corrected chi connectivity index (χ2v) is 6.50. The Labute approximate surface area is 127 Å². The SMILES string of the molecule is O=C(NC1CCCNC1)N1CCN(C2CCNCC2)CC1. The van der Waals surface area contributed by atoms with Gasteiger partial charge in [0.25, 0.3) is 0 Å². The van der Waals surface area contributed by atoms with Crippen LogP contribution in [0.1, 0.15) is 25.7 Å². The van der Waals surface area contributed by atoms with Crippen molar-refractivity contribution in [3.8, 4) is 0 Å². The minimum Gasteiger partial charge on any atom is -0.334 e. The molecule has 3 N–H and O–H groups in total. The molecular weight excluding hydrogens is 266 g/mol. The highest BCUT2D eigenvalue weighted by atomic mass is 16.2. The Bertz CT molecular complexity index is 331. The third kappa shape index (κ3) is 4.08. The van der Waals surface area contributed by atoms with Gasteiger partial charge in [-0.15, -0.1) is 0 Å².